The molecule has 0 radical (unpaired) electrons. The Balaban J connectivity index is 2.19. The van der Waals surface area contributed by atoms with Crippen LogP contribution in [0.5, 0.6) is 0 Å². The summed E-state index contributed by atoms with van der Waals surface area (Å²) in [5.74, 6) is -9.11. The average Bonchev–Trinajstić information content (AvgIpc) is 2.69. The largest absolute Gasteiger partial charge is 0.481 e. The number of hydrogen-bond acceptors (Lipinski definition) is 2. The van der Waals surface area contributed by atoms with Crippen LogP contribution in [0.15, 0.2) is 30.3 Å². The van der Waals surface area contributed by atoms with Gasteiger partial charge in [-0.1, -0.05) is 12.1 Å². The molecule has 1 atom stereocenters. The number of carboxylic acid groups (broad SMARTS) is 1. The zero-order valence-electron chi connectivity index (χ0n) is 15.3. The normalized spacial score (nSPS) is 12.1. The first-order chi connectivity index (χ1) is 13.8. The minimum atomic E-state index is -1.73. The molecule has 0 saturated carbocycles. The number of halogens is 6. The van der Waals surface area contributed by atoms with Crippen LogP contribution in [0.2, 0.25) is 0 Å². The summed E-state index contributed by atoms with van der Waals surface area (Å²) in [6.45, 7) is 1.19. The summed E-state index contributed by atoms with van der Waals surface area (Å²) in [5.41, 5.74) is 0.463. The average molecular weight is 452 g/mol. The Morgan fingerprint density at radius 1 is 0.966 bits per heavy atom. The van der Waals surface area contributed by atoms with Crippen molar-refractivity contribution in [3.05, 3.63) is 64.7 Å². The Morgan fingerprint density at radius 3 is 1.93 bits per heavy atom. The molecule has 0 aliphatic rings. The van der Waals surface area contributed by atoms with Gasteiger partial charge in [0.25, 0.3) is 0 Å². The van der Waals surface area contributed by atoms with Crippen LogP contribution in [0, 0.1) is 23.3 Å². The predicted molar refractivity (Wildman–Crippen MR) is 105 cm³/mol. The lowest BCUT2D eigenvalue weighted by Crippen LogP contribution is -2.27. The van der Waals surface area contributed by atoms with E-state index in [1.54, 1.807) is 24.3 Å². The van der Waals surface area contributed by atoms with Crippen molar-refractivity contribution in [1.82, 2.24) is 0 Å². The number of aryl methyl sites for hydroxylation is 1. The number of nitrogens with zero attached hydrogens (tertiary/aromatic N) is 1. The van der Waals surface area contributed by atoms with Crippen molar-refractivity contribution in [1.29, 1.82) is 0 Å². The third-order valence-electron chi connectivity index (χ3n) is 4.52. The number of rotatable bonds is 10. The van der Waals surface area contributed by atoms with Gasteiger partial charge in [-0.25, -0.2) is 17.6 Å². The van der Waals surface area contributed by atoms with Crippen molar-refractivity contribution in [3.63, 3.8) is 0 Å². The number of carboxylic acids is 1. The maximum Gasteiger partial charge on any atom is 0.311 e. The molecule has 1 unspecified atom stereocenters. The summed E-state index contributed by atoms with van der Waals surface area (Å²) < 4.78 is 54.9. The van der Waals surface area contributed by atoms with Crippen LogP contribution in [0.25, 0.3) is 0 Å². The quantitative estimate of drug-likeness (QED) is 0.301. The second-order valence-corrected chi connectivity index (χ2v) is 7.10. The van der Waals surface area contributed by atoms with Gasteiger partial charge in [-0.15, -0.1) is 23.2 Å². The van der Waals surface area contributed by atoms with E-state index in [1.165, 1.54) is 0 Å². The molecule has 2 aromatic carbocycles. The Labute approximate surface area is 175 Å². The first-order valence-electron chi connectivity index (χ1n) is 8.81. The fraction of sp³-hybridized carbons (Fsp3) is 0.350. The van der Waals surface area contributed by atoms with E-state index in [0.29, 0.717) is 30.4 Å². The van der Waals surface area contributed by atoms with Gasteiger partial charge in [0.05, 0.1) is 5.92 Å². The number of hydrogen-bond donors (Lipinski definition) is 1. The Morgan fingerprint density at radius 2 is 1.48 bits per heavy atom. The van der Waals surface area contributed by atoms with Crippen molar-refractivity contribution in [3.8, 4) is 0 Å². The van der Waals surface area contributed by atoms with E-state index in [0.717, 1.165) is 5.69 Å². The maximum atomic E-state index is 14.0. The van der Waals surface area contributed by atoms with E-state index in [2.05, 4.69) is 0 Å². The molecule has 0 aliphatic heterocycles. The number of benzene rings is 2. The first-order valence-corrected chi connectivity index (χ1v) is 9.88. The smallest absolute Gasteiger partial charge is 0.311 e. The zero-order valence-corrected chi connectivity index (χ0v) is 16.8. The van der Waals surface area contributed by atoms with Gasteiger partial charge in [0.1, 0.15) is 0 Å². The topological polar surface area (TPSA) is 40.5 Å². The van der Waals surface area contributed by atoms with E-state index in [1.807, 2.05) is 4.90 Å². The molecular weight excluding hydrogens is 433 g/mol. The summed E-state index contributed by atoms with van der Waals surface area (Å²) in [6.07, 6.45) is -0.0994. The van der Waals surface area contributed by atoms with E-state index in [9.17, 15) is 27.5 Å². The number of anilines is 1. The molecular formula is C20H19Cl2F4NO2. The minimum absolute atomic E-state index is 0.0548. The van der Waals surface area contributed by atoms with Gasteiger partial charge >= 0.3 is 5.97 Å². The third kappa shape index (κ3) is 5.76. The van der Waals surface area contributed by atoms with Crippen molar-refractivity contribution in [2.45, 2.75) is 18.8 Å². The molecule has 29 heavy (non-hydrogen) atoms. The van der Waals surface area contributed by atoms with Crippen LogP contribution in [0.1, 0.15) is 23.5 Å². The molecule has 0 fully saturated rings. The molecule has 0 amide bonds. The zero-order chi connectivity index (χ0) is 21.6. The van der Waals surface area contributed by atoms with Gasteiger partial charge in [-0.05, 0) is 30.5 Å². The van der Waals surface area contributed by atoms with Gasteiger partial charge in [0.2, 0.25) is 0 Å². The maximum absolute atomic E-state index is 14.0. The van der Waals surface area contributed by atoms with Gasteiger partial charge in [-0.3, -0.25) is 4.79 Å². The highest BCUT2D eigenvalue weighted by Crippen LogP contribution is 2.30. The summed E-state index contributed by atoms with van der Waals surface area (Å²) in [4.78, 5) is 13.5. The third-order valence-corrected chi connectivity index (χ3v) is 4.86. The Bertz CT molecular complexity index is 817. The number of aliphatic carboxylic acids is 1. The second kappa shape index (κ2) is 10.7. The highest BCUT2D eigenvalue weighted by atomic mass is 35.5. The van der Waals surface area contributed by atoms with Crippen LogP contribution < -0.4 is 4.90 Å². The molecule has 0 bridgehead atoms. The Kier molecular flexibility index (Phi) is 8.59. The lowest BCUT2D eigenvalue weighted by molar-refractivity contribution is -0.139. The fourth-order valence-corrected chi connectivity index (χ4v) is 3.46. The van der Waals surface area contributed by atoms with Gasteiger partial charge < -0.3 is 10.0 Å². The van der Waals surface area contributed by atoms with Gasteiger partial charge in [0, 0.05) is 42.2 Å². The molecule has 3 nitrogen and oxygen atoms in total. The Hall–Kier alpha value is -1.99. The van der Waals surface area contributed by atoms with Crippen LogP contribution in [0.4, 0.5) is 23.2 Å². The summed E-state index contributed by atoms with van der Waals surface area (Å²) in [6, 6.07) is 7.13. The van der Waals surface area contributed by atoms with Crippen LogP contribution in [0.3, 0.4) is 0 Å². The monoisotopic (exact) mass is 451 g/mol. The predicted octanol–water partition coefficient (Wildman–Crippen LogP) is 5.33. The molecule has 0 saturated heterocycles. The molecule has 1 N–H and O–H groups in total. The highest BCUT2D eigenvalue weighted by Gasteiger charge is 2.30. The molecule has 9 heteroatoms. The fourth-order valence-electron chi connectivity index (χ4n) is 3.05. The summed E-state index contributed by atoms with van der Waals surface area (Å²) >= 11 is 11.6. The van der Waals surface area contributed by atoms with E-state index < -0.39 is 40.7 Å². The lowest BCUT2D eigenvalue weighted by atomic mass is 9.91. The molecule has 0 heterocycles. The van der Waals surface area contributed by atoms with Crippen molar-refractivity contribution in [2.75, 3.05) is 29.7 Å². The molecule has 158 valence electrons. The van der Waals surface area contributed by atoms with Crippen molar-refractivity contribution in [2.24, 2.45) is 0 Å². The van der Waals surface area contributed by atoms with Gasteiger partial charge in [0.15, 0.2) is 23.3 Å². The summed E-state index contributed by atoms with van der Waals surface area (Å²) in [5, 5.41) is 9.36. The number of alkyl halides is 2. The molecule has 0 aliphatic carbocycles. The molecule has 2 aromatic rings. The summed E-state index contributed by atoms with van der Waals surface area (Å²) in [7, 11) is 0. The number of carbonyl (C=O) groups is 1. The van der Waals surface area contributed by atoms with Gasteiger partial charge in [-0.2, -0.15) is 0 Å². The molecule has 2 rings (SSSR count). The van der Waals surface area contributed by atoms with E-state index in [4.69, 9.17) is 23.2 Å². The highest BCUT2D eigenvalue weighted by molar-refractivity contribution is 6.18. The van der Waals surface area contributed by atoms with E-state index >= 15 is 0 Å². The SMILES string of the molecule is O=C(O)C(CCc1ccc(N(CCCl)CCCl)cc1)c1c(F)c(F)cc(F)c1F. The molecule has 0 aromatic heterocycles. The minimum Gasteiger partial charge on any atom is -0.481 e. The first kappa shape index (κ1) is 23.3. The van der Waals surface area contributed by atoms with Crippen LogP contribution >= 0.6 is 23.2 Å². The van der Waals surface area contributed by atoms with E-state index in [-0.39, 0.29) is 18.9 Å². The second-order valence-electron chi connectivity index (χ2n) is 6.34. The van der Waals surface area contributed by atoms with Crippen LogP contribution in [-0.2, 0) is 11.2 Å². The van der Waals surface area contributed by atoms with Crippen molar-refractivity contribution < 1.29 is 27.5 Å². The molecule has 0 spiro atoms. The van der Waals surface area contributed by atoms with Crippen LogP contribution in [-0.4, -0.2) is 35.9 Å². The van der Waals surface area contributed by atoms with Crippen molar-refractivity contribution >= 4 is 34.9 Å². The lowest BCUT2D eigenvalue weighted by Gasteiger charge is -2.23. The standard InChI is InChI=1S/C20H19Cl2F4NO2/c21-7-9-27(10-8-22)13-4-1-12(2-5-13)3-6-14(20(28)29)17-18(25)15(23)11-16(24)19(17)26/h1-2,4-5,11,14H,3,6-10H2,(H,28,29).